The van der Waals surface area contributed by atoms with Gasteiger partial charge in [-0.1, -0.05) is 60.7 Å². The third-order valence-corrected chi connectivity index (χ3v) is 3.15. The van der Waals surface area contributed by atoms with Crippen LogP contribution in [0.25, 0.3) is 0 Å². The molecule has 2 aromatic carbocycles. The van der Waals surface area contributed by atoms with Crippen molar-refractivity contribution >= 4 is 0 Å². The van der Waals surface area contributed by atoms with Crippen LogP contribution in [0.15, 0.2) is 60.7 Å². The van der Waals surface area contributed by atoms with Crippen molar-refractivity contribution in [2.45, 2.75) is 25.7 Å². The molecule has 0 aliphatic heterocycles. The summed E-state index contributed by atoms with van der Waals surface area (Å²) in [5.74, 6) is 0. The fourth-order valence-corrected chi connectivity index (χ4v) is 2.00. The van der Waals surface area contributed by atoms with E-state index >= 15 is 0 Å². The van der Waals surface area contributed by atoms with Crippen molar-refractivity contribution in [3.8, 4) is 0 Å². The third kappa shape index (κ3) is 5.53. The fraction of sp³-hybridized carbons (Fsp3) is 0.294. The first-order chi connectivity index (χ1) is 9.84. The Bertz CT molecular complexity index is 473. The van der Waals surface area contributed by atoms with E-state index in [9.17, 15) is 5.11 Å². The van der Waals surface area contributed by atoms with Crippen LogP contribution in [-0.4, -0.2) is 17.9 Å². The van der Waals surface area contributed by atoms with Crippen molar-refractivity contribution < 1.29 is 5.11 Å². The number of aliphatic hydroxyl groups is 1. The molecule has 3 nitrogen and oxygen atoms in total. The summed E-state index contributed by atoms with van der Waals surface area (Å²) in [4.78, 5) is 0. The van der Waals surface area contributed by atoms with Crippen LogP contribution in [-0.2, 0) is 13.1 Å². The fourth-order valence-electron chi connectivity index (χ4n) is 2.00. The monoisotopic (exact) mass is 270 g/mol. The molecule has 0 spiro atoms. The van der Waals surface area contributed by atoms with E-state index in [-0.39, 0.29) is 0 Å². The largest absolute Gasteiger partial charge is 0.379 e. The minimum absolute atomic E-state index is 0.474. The predicted octanol–water partition coefficient (Wildman–Crippen LogP) is 2.27. The molecule has 0 radical (unpaired) electrons. The van der Waals surface area contributed by atoms with Gasteiger partial charge in [0.25, 0.3) is 0 Å². The SMILES string of the molecule is OC(CCNCc1ccccc1)NCc1ccccc1. The summed E-state index contributed by atoms with van der Waals surface area (Å²) >= 11 is 0. The van der Waals surface area contributed by atoms with E-state index in [0.717, 1.165) is 13.1 Å². The highest BCUT2D eigenvalue weighted by Crippen LogP contribution is 1.99. The van der Waals surface area contributed by atoms with Gasteiger partial charge in [-0.25, -0.2) is 0 Å². The standard InChI is InChI=1S/C17H22N2O/c20-17(19-14-16-9-5-2-6-10-16)11-12-18-13-15-7-3-1-4-8-15/h1-10,17-20H,11-14H2. The maximum Gasteiger partial charge on any atom is 0.106 e. The summed E-state index contributed by atoms with van der Waals surface area (Å²) in [5, 5.41) is 16.3. The highest BCUT2D eigenvalue weighted by atomic mass is 16.3. The molecular weight excluding hydrogens is 248 g/mol. The molecule has 3 N–H and O–H groups in total. The molecule has 3 heteroatoms. The number of benzene rings is 2. The summed E-state index contributed by atoms with van der Waals surface area (Å²) in [7, 11) is 0. The first-order valence-corrected chi connectivity index (χ1v) is 7.04. The molecule has 106 valence electrons. The van der Waals surface area contributed by atoms with E-state index in [0.29, 0.717) is 13.0 Å². The molecule has 0 saturated carbocycles. The second kappa shape index (κ2) is 8.48. The van der Waals surface area contributed by atoms with Gasteiger partial charge >= 0.3 is 0 Å². The van der Waals surface area contributed by atoms with Gasteiger partial charge in [0, 0.05) is 13.1 Å². The van der Waals surface area contributed by atoms with Gasteiger partial charge in [-0.2, -0.15) is 0 Å². The lowest BCUT2D eigenvalue weighted by Gasteiger charge is -2.13. The Morgan fingerprint density at radius 3 is 1.95 bits per heavy atom. The Labute approximate surface area is 120 Å². The number of hydrogen-bond acceptors (Lipinski definition) is 3. The quantitative estimate of drug-likeness (QED) is 0.509. The summed E-state index contributed by atoms with van der Waals surface area (Å²) in [6, 6.07) is 20.4. The van der Waals surface area contributed by atoms with Crippen LogP contribution in [0.3, 0.4) is 0 Å². The van der Waals surface area contributed by atoms with Crippen LogP contribution < -0.4 is 10.6 Å². The lowest BCUT2D eigenvalue weighted by molar-refractivity contribution is 0.125. The molecule has 0 amide bonds. The Hall–Kier alpha value is -1.68. The van der Waals surface area contributed by atoms with Crippen LogP contribution in [0.2, 0.25) is 0 Å². The molecular formula is C17H22N2O. The molecule has 1 atom stereocenters. The Morgan fingerprint density at radius 1 is 0.800 bits per heavy atom. The summed E-state index contributed by atoms with van der Waals surface area (Å²) < 4.78 is 0. The van der Waals surface area contributed by atoms with E-state index < -0.39 is 6.23 Å². The average molecular weight is 270 g/mol. The topological polar surface area (TPSA) is 44.3 Å². The Morgan fingerprint density at radius 2 is 1.35 bits per heavy atom. The highest BCUT2D eigenvalue weighted by Gasteiger charge is 2.02. The van der Waals surface area contributed by atoms with E-state index in [2.05, 4.69) is 22.8 Å². The van der Waals surface area contributed by atoms with Gasteiger partial charge in [0.15, 0.2) is 0 Å². The summed E-state index contributed by atoms with van der Waals surface area (Å²) in [5.41, 5.74) is 2.45. The first kappa shape index (κ1) is 14.7. The Balaban J connectivity index is 1.57. The Kier molecular flexibility index (Phi) is 6.24. The van der Waals surface area contributed by atoms with Crippen molar-refractivity contribution in [3.05, 3.63) is 71.8 Å². The summed E-state index contributed by atoms with van der Waals surface area (Å²) in [6.45, 7) is 2.32. The molecule has 0 saturated heterocycles. The molecule has 0 aliphatic carbocycles. The zero-order valence-electron chi connectivity index (χ0n) is 11.6. The van der Waals surface area contributed by atoms with Crippen LogP contribution in [0, 0.1) is 0 Å². The van der Waals surface area contributed by atoms with Gasteiger partial charge in [-0.15, -0.1) is 0 Å². The van der Waals surface area contributed by atoms with Gasteiger partial charge in [-0.05, 0) is 24.1 Å². The average Bonchev–Trinajstić information content (AvgIpc) is 2.52. The van der Waals surface area contributed by atoms with Gasteiger partial charge in [0.2, 0.25) is 0 Å². The highest BCUT2D eigenvalue weighted by molar-refractivity contribution is 5.14. The normalized spacial score (nSPS) is 12.2. The lowest BCUT2D eigenvalue weighted by atomic mass is 10.2. The van der Waals surface area contributed by atoms with Crippen molar-refractivity contribution in [1.82, 2.24) is 10.6 Å². The zero-order valence-corrected chi connectivity index (χ0v) is 11.6. The summed E-state index contributed by atoms with van der Waals surface area (Å²) in [6.07, 6.45) is 0.220. The molecule has 0 heterocycles. The first-order valence-electron chi connectivity index (χ1n) is 7.04. The molecule has 1 unspecified atom stereocenters. The second-order valence-electron chi connectivity index (χ2n) is 4.83. The van der Waals surface area contributed by atoms with E-state index in [4.69, 9.17) is 0 Å². The van der Waals surface area contributed by atoms with Gasteiger partial charge < -0.3 is 10.4 Å². The molecule has 0 bridgehead atoms. The third-order valence-electron chi connectivity index (χ3n) is 3.15. The number of nitrogens with one attached hydrogen (secondary N) is 2. The molecule has 2 rings (SSSR count). The van der Waals surface area contributed by atoms with E-state index in [1.54, 1.807) is 0 Å². The smallest absolute Gasteiger partial charge is 0.106 e. The second-order valence-corrected chi connectivity index (χ2v) is 4.83. The number of aliphatic hydroxyl groups excluding tert-OH is 1. The molecule has 0 aromatic heterocycles. The van der Waals surface area contributed by atoms with Crippen molar-refractivity contribution in [3.63, 3.8) is 0 Å². The van der Waals surface area contributed by atoms with Gasteiger partial charge in [-0.3, -0.25) is 5.32 Å². The number of rotatable bonds is 8. The number of hydrogen-bond donors (Lipinski definition) is 3. The van der Waals surface area contributed by atoms with Crippen LogP contribution >= 0.6 is 0 Å². The van der Waals surface area contributed by atoms with Crippen molar-refractivity contribution in [1.29, 1.82) is 0 Å². The van der Waals surface area contributed by atoms with Crippen LogP contribution in [0.4, 0.5) is 0 Å². The van der Waals surface area contributed by atoms with E-state index in [1.807, 2.05) is 48.5 Å². The van der Waals surface area contributed by atoms with E-state index in [1.165, 1.54) is 11.1 Å². The van der Waals surface area contributed by atoms with Crippen LogP contribution in [0.1, 0.15) is 17.5 Å². The lowest BCUT2D eigenvalue weighted by Crippen LogP contribution is -2.31. The van der Waals surface area contributed by atoms with Crippen molar-refractivity contribution in [2.75, 3.05) is 6.54 Å². The minimum atomic E-state index is -0.474. The maximum absolute atomic E-state index is 9.86. The van der Waals surface area contributed by atoms with Crippen molar-refractivity contribution in [2.24, 2.45) is 0 Å². The molecule has 0 aliphatic rings. The molecule has 0 fully saturated rings. The van der Waals surface area contributed by atoms with Gasteiger partial charge in [0.05, 0.1) is 0 Å². The molecule has 20 heavy (non-hydrogen) atoms. The van der Waals surface area contributed by atoms with Gasteiger partial charge in [0.1, 0.15) is 6.23 Å². The zero-order chi connectivity index (χ0) is 14.0. The predicted molar refractivity (Wildman–Crippen MR) is 82.1 cm³/mol. The van der Waals surface area contributed by atoms with Crippen LogP contribution in [0.5, 0.6) is 0 Å². The maximum atomic E-state index is 9.86. The minimum Gasteiger partial charge on any atom is -0.379 e. The molecule has 2 aromatic rings.